The Morgan fingerprint density at radius 2 is 2.00 bits per heavy atom. The van der Waals surface area contributed by atoms with Crippen LogP contribution in [0, 0.1) is 0 Å². The van der Waals surface area contributed by atoms with Gasteiger partial charge in [-0.25, -0.2) is 9.48 Å². The monoisotopic (exact) mass is 376 g/mol. The molecule has 27 heavy (non-hydrogen) atoms. The first kappa shape index (κ1) is 19.4. The highest BCUT2D eigenvalue weighted by molar-refractivity contribution is 5.86. The van der Waals surface area contributed by atoms with Crippen LogP contribution in [-0.2, 0) is 16.1 Å². The molecule has 1 unspecified atom stereocenters. The van der Waals surface area contributed by atoms with Crippen LogP contribution < -0.4 is 10.9 Å². The van der Waals surface area contributed by atoms with Gasteiger partial charge in [0, 0.05) is 25.1 Å². The van der Waals surface area contributed by atoms with Gasteiger partial charge in [0.25, 0.3) is 5.56 Å². The summed E-state index contributed by atoms with van der Waals surface area (Å²) in [6.45, 7) is 6.52. The van der Waals surface area contributed by atoms with Gasteiger partial charge in [-0.1, -0.05) is 0 Å². The molecule has 2 amide bonds. The number of amides is 2. The number of likely N-dealkylation sites (tertiary alicyclic amines) is 1. The topological polar surface area (TPSA) is 93.5 Å². The van der Waals surface area contributed by atoms with E-state index >= 15 is 0 Å². The molecule has 2 aliphatic rings. The van der Waals surface area contributed by atoms with Crippen molar-refractivity contribution in [2.24, 2.45) is 0 Å². The van der Waals surface area contributed by atoms with E-state index in [0.717, 1.165) is 25.0 Å². The van der Waals surface area contributed by atoms with E-state index in [2.05, 4.69) is 10.4 Å². The first-order chi connectivity index (χ1) is 12.7. The molecule has 2 heterocycles. The van der Waals surface area contributed by atoms with Gasteiger partial charge >= 0.3 is 6.09 Å². The lowest BCUT2D eigenvalue weighted by Crippen LogP contribution is -2.48. The number of rotatable bonds is 5. The number of nitrogens with zero attached hydrogens (tertiary/aromatic N) is 3. The SMILES string of the molecule is CC(C)(C)OC(=O)N1CCCC1C(=O)NCCn1nc(C2CC2)ccc1=O. The van der Waals surface area contributed by atoms with Gasteiger partial charge in [0.2, 0.25) is 5.91 Å². The second kappa shape index (κ2) is 7.70. The molecular weight excluding hydrogens is 348 g/mol. The lowest BCUT2D eigenvalue weighted by Gasteiger charge is -2.28. The Morgan fingerprint density at radius 1 is 1.26 bits per heavy atom. The molecule has 2 fully saturated rings. The molecule has 1 saturated heterocycles. The zero-order valence-corrected chi connectivity index (χ0v) is 16.2. The minimum Gasteiger partial charge on any atom is -0.444 e. The second-order valence-corrected chi connectivity index (χ2v) is 8.22. The van der Waals surface area contributed by atoms with Crippen molar-refractivity contribution >= 4 is 12.0 Å². The second-order valence-electron chi connectivity index (χ2n) is 8.22. The van der Waals surface area contributed by atoms with Crippen LogP contribution in [0.4, 0.5) is 4.79 Å². The molecule has 1 aliphatic carbocycles. The molecule has 1 aromatic rings. The number of hydrogen-bond donors (Lipinski definition) is 1. The summed E-state index contributed by atoms with van der Waals surface area (Å²) in [6.07, 6.45) is 3.14. The third-order valence-corrected chi connectivity index (χ3v) is 4.69. The van der Waals surface area contributed by atoms with Crippen LogP contribution in [0.5, 0.6) is 0 Å². The number of nitrogens with one attached hydrogen (secondary N) is 1. The number of hydrogen-bond acceptors (Lipinski definition) is 5. The molecule has 8 nitrogen and oxygen atoms in total. The van der Waals surface area contributed by atoms with Crippen LogP contribution in [0.1, 0.15) is 58.1 Å². The molecule has 0 aromatic carbocycles. The summed E-state index contributed by atoms with van der Waals surface area (Å²) in [5.41, 5.74) is 0.165. The predicted octanol–water partition coefficient (Wildman–Crippen LogP) is 1.64. The number of carbonyl (C=O) groups is 2. The summed E-state index contributed by atoms with van der Waals surface area (Å²) >= 11 is 0. The zero-order valence-electron chi connectivity index (χ0n) is 16.2. The zero-order chi connectivity index (χ0) is 19.6. The molecule has 1 aromatic heterocycles. The fraction of sp³-hybridized carbons (Fsp3) is 0.684. The van der Waals surface area contributed by atoms with Crippen molar-refractivity contribution < 1.29 is 14.3 Å². The smallest absolute Gasteiger partial charge is 0.410 e. The summed E-state index contributed by atoms with van der Waals surface area (Å²) in [5, 5.41) is 7.20. The summed E-state index contributed by atoms with van der Waals surface area (Å²) < 4.78 is 6.78. The van der Waals surface area contributed by atoms with E-state index in [1.165, 1.54) is 15.6 Å². The van der Waals surface area contributed by atoms with E-state index in [9.17, 15) is 14.4 Å². The Bertz CT molecular complexity index is 764. The maximum Gasteiger partial charge on any atom is 0.410 e. The summed E-state index contributed by atoms with van der Waals surface area (Å²) in [5.74, 6) is 0.247. The quantitative estimate of drug-likeness (QED) is 0.843. The van der Waals surface area contributed by atoms with Crippen LogP contribution in [0.25, 0.3) is 0 Å². The van der Waals surface area contributed by atoms with Crippen LogP contribution >= 0.6 is 0 Å². The van der Waals surface area contributed by atoms with E-state index in [1.54, 1.807) is 26.8 Å². The van der Waals surface area contributed by atoms with Crippen LogP contribution in [0.15, 0.2) is 16.9 Å². The van der Waals surface area contributed by atoms with Crippen molar-refractivity contribution in [3.05, 3.63) is 28.2 Å². The molecular formula is C19H28N4O4. The van der Waals surface area contributed by atoms with Crippen molar-refractivity contribution in [1.29, 1.82) is 0 Å². The number of carbonyl (C=O) groups excluding carboxylic acids is 2. The summed E-state index contributed by atoms with van der Waals surface area (Å²) in [7, 11) is 0. The van der Waals surface area contributed by atoms with Gasteiger partial charge in [0.1, 0.15) is 11.6 Å². The standard InChI is InChI=1S/C19H28N4O4/c1-19(2,3)27-18(26)22-11-4-5-15(22)17(25)20-10-12-23-16(24)9-8-14(21-23)13-6-7-13/h8-9,13,15H,4-7,10-12H2,1-3H3,(H,20,25). The lowest BCUT2D eigenvalue weighted by atomic mass is 10.2. The van der Waals surface area contributed by atoms with Gasteiger partial charge in [-0.05, 0) is 52.5 Å². The molecule has 148 valence electrons. The van der Waals surface area contributed by atoms with Crippen LogP contribution in [-0.4, -0.2) is 51.4 Å². The van der Waals surface area contributed by atoms with Gasteiger partial charge < -0.3 is 10.1 Å². The van der Waals surface area contributed by atoms with E-state index < -0.39 is 17.7 Å². The average Bonchev–Trinajstić information content (AvgIpc) is 3.30. The van der Waals surface area contributed by atoms with Crippen molar-refractivity contribution in [2.45, 2.75) is 70.6 Å². The number of aromatic nitrogens is 2. The largest absolute Gasteiger partial charge is 0.444 e. The van der Waals surface area contributed by atoms with E-state index in [1.807, 2.05) is 0 Å². The molecule has 0 radical (unpaired) electrons. The van der Waals surface area contributed by atoms with Crippen molar-refractivity contribution in [2.75, 3.05) is 13.1 Å². The molecule has 1 saturated carbocycles. The van der Waals surface area contributed by atoms with E-state index in [4.69, 9.17) is 4.74 Å². The van der Waals surface area contributed by atoms with Gasteiger partial charge in [0.15, 0.2) is 0 Å². The molecule has 1 aliphatic heterocycles. The molecule has 1 atom stereocenters. The highest BCUT2D eigenvalue weighted by atomic mass is 16.6. The van der Waals surface area contributed by atoms with Gasteiger partial charge in [-0.3, -0.25) is 14.5 Å². The maximum absolute atomic E-state index is 12.5. The van der Waals surface area contributed by atoms with Gasteiger partial charge in [-0.15, -0.1) is 0 Å². The maximum atomic E-state index is 12.5. The fourth-order valence-electron chi connectivity index (χ4n) is 3.20. The third kappa shape index (κ3) is 5.08. The van der Waals surface area contributed by atoms with Gasteiger partial charge in [-0.2, -0.15) is 5.10 Å². The van der Waals surface area contributed by atoms with Crippen LogP contribution in [0.2, 0.25) is 0 Å². The third-order valence-electron chi connectivity index (χ3n) is 4.69. The summed E-state index contributed by atoms with van der Waals surface area (Å²) in [4.78, 5) is 38.2. The molecule has 8 heteroatoms. The Kier molecular flexibility index (Phi) is 5.53. The lowest BCUT2D eigenvalue weighted by molar-refractivity contribution is -0.125. The molecule has 0 spiro atoms. The number of ether oxygens (including phenoxy) is 1. The minimum atomic E-state index is -0.597. The first-order valence-corrected chi connectivity index (χ1v) is 9.60. The minimum absolute atomic E-state index is 0.176. The normalized spacial score (nSPS) is 19.8. The highest BCUT2D eigenvalue weighted by Gasteiger charge is 2.36. The highest BCUT2D eigenvalue weighted by Crippen LogP contribution is 2.38. The van der Waals surface area contributed by atoms with Crippen molar-refractivity contribution in [1.82, 2.24) is 20.0 Å². The average molecular weight is 376 g/mol. The Labute approximate surface area is 158 Å². The van der Waals surface area contributed by atoms with E-state index in [0.29, 0.717) is 32.0 Å². The molecule has 3 rings (SSSR count). The predicted molar refractivity (Wildman–Crippen MR) is 99.4 cm³/mol. The summed E-state index contributed by atoms with van der Waals surface area (Å²) in [6, 6.07) is 2.79. The molecule has 0 bridgehead atoms. The Balaban J connectivity index is 1.53. The van der Waals surface area contributed by atoms with E-state index in [-0.39, 0.29) is 11.5 Å². The Morgan fingerprint density at radius 3 is 2.67 bits per heavy atom. The van der Waals surface area contributed by atoms with Crippen LogP contribution in [0.3, 0.4) is 0 Å². The Hall–Kier alpha value is -2.38. The van der Waals surface area contributed by atoms with Crippen molar-refractivity contribution in [3.63, 3.8) is 0 Å². The van der Waals surface area contributed by atoms with Gasteiger partial charge in [0.05, 0.1) is 12.2 Å². The molecule has 1 N–H and O–H groups in total. The first-order valence-electron chi connectivity index (χ1n) is 9.60. The fourth-order valence-corrected chi connectivity index (χ4v) is 3.20. The van der Waals surface area contributed by atoms with Crippen molar-refractivity contribution in [3.8, 4) is 0 Å².